The van der Waals surface area contributed by atoms with Crippen molar-refractivity contribution in [3.8, 4) is 22.8 Å². The first kappa shape index (κ1) is 17.1. The van der Waals surface area contributed by atoms with Gasteiger partial charge in [0, 0.05) is 39.6 Å². The predicted octanol–water partition coefficient (Wildman–Crippen LogP) is 4.63. The number of fused-ring (bicyclic) bond motifs is 2. The van der Waals surface area contributed by atoms with Crippen LogP contribution in [0.5, 0.6) is 11.5 Å². The number of amides is 1. The summed E-state index contributed by atoms with van der Waals surface area (Å²) in [6.07, 6.45) is 2.18. The fourth-order valence-corrected chi connectivity index (χ4v) is 4.06. The topological polar surface area (TPSA) is 64.9 Å². The molecule has 28 heavy (non-hydrogen) atoms. The normalized spacial score (nSPS) is 12.5. The van der Waals surface area contributed by atoms with Crippen LogP contribution >= 0.6 is 22.9 Å². The number of benzene rings is 2. The highest BCUT2D eigenvalue weighted by Crippen LogP contribution is 2.34. The van der Waals surface area contributed by atoms with Crippen molar-refractivity contribution in [1.29, 1.82) is 0 Å². The number of aromatic nitrogens is 2. The number of thiazole rings is 1. The Labute approximate surface area is 169 Å². The number of carbonyl (C=O) groups excluding carboxylic acids is 1. The molecule has 0 atom stereocenters. The molecule has 0 bridgehead atoms. The summed E-state index contributed by atoms with van der Waals surface area (Å²) in [5.41, 5.74) is 3.39. The van der Waals surface area contributed by atoms with Gasteiger partial charge in [0.05, 0.1) is 12.1 Å². The number of ether oxygens (including phenoxy) is 2. The van der Waals surface area contributed by atoms with Gasteiger partial charge < -0.3 is 14.8 Å². The molecule has 0 aliphatic carbocycles. The van der Waals surface area contributed by atoms with Crippen LogP contribution in [0.25, 0.3) is 16.2 Å². The number of anilines is 1. The number of nitrogens with one attached hydrogen (secondary N) is 1. The van der Waals surface area contributed by atoms with Crippen LogP contribution in [0.3, 0.4) is 0 Å². The second-order valence-electron chi connectivity index (χ2n) is 6.31. The maximum Gasteiger partial charge on any atom is 0.231 e. The fraction of sp³-hybridized carbons (Fsp3) is 0.100. The molecule has 1 aliphatic rings. The summed E-state index contributed by atoms with van der Waals surface area (Å²) < 4.78 is 12.6. The van der Waals surface area contributed by atoms with E-state index in [1.165, 1.54) is 11.3 Å². The molecule has 140 valence electrons. The summed E-state index contributed by atoms with van der Waals surface area (Å²) in [7, 11) is 0. The number of rotatable bonds is 4. The van der Waals surface area contributed by atoms with Crippen LogP contribution < -0.4 is 14.8 Å². The third-order valence-electron chi connectivity index (χ3n) is 4.42. The van der Waals surface area contributed by atoms with Crippen LogP contribution in [0, 0.1) is 0 Å². The van der Waals surface area contributed by atoms with E-state index in [-0.39, 0.29) is 19.1 Å². The molecule has 2 aromatic heterocycles. The van der Waals surface area contributed by atoms with Crippen molar-refractivity contribution >= 4 is 39.5 Å². The minimum atomic E-state index is -0.111. The smallest absolute Gasteiger partial charge is 0.231 e. The summed E-state index contributed by atoms with van der Waals surface area (Å²) in [6.45, 7) is 0.205. The van der Waals surface area contributed by atoms with Gasteiger partial charge in [0.15, 0.2) is 16.5 Å². The molecule has 0 saturated carbocycles. The van der Waals surface area contributed by atoms with Gasteiger partial charge in [0.25, 0.3) is 0 Å². The molecule has 6 nitrogen and oxygen atoms in total. The average Bonchev–Trinajstić information content (AvgIpc) is 3.39. The number of imidazole rings is 1. The molecule has 0 spiro atoms. The van der Waals surface area contributed by atoms with Crippen molar-refractivity contribution in [1.82, 2.24) is 9.38 Å². The van der Waals surface area contributed by atoms with Crippen LogP contribution in [0.4, 0.5) is 5.69 Å². The van der Waals surface area contributed by atoms with E-state index >= 15 is 0 Å². The van der Waals surface area contributed by atoms with Crippen LogP contribution in [-0.4, -0.2) is 22.1 Å². The van der Waals surface area contributed by atoms with Gasteiger partial charge in [-0.2, -0.15) is 0 Å². The molecule has 0 unspecified atom stereocenters. The van der Waals surface area contributed by atoms with Crippen LogP contribution in [0.2, 0.25) is 5.02 Å². The lowest BCUT2D eigenvalue weighted by molar-refractivity contribution is -0.115. The van der Waals surface area contributed by atoms with Crippen molar-refractivity contribution in [2.75, 3.05) is 12.1 Å². The number of nitrogens with zero attached hydrogens (tertiary/aromatic N) is 2. The van der Waals surface area contributed by atoms with E-state index in [0.717, 1.165) is 21.9 Å². The maximum atomic E-state index is 12.5. The van der Waals surface area contributed by atoms with E-state index in [4.69, 9.17) is 21.1 Å². The van der Waals surface area contributed by atoms with Crippen molar-refractivity contribution in [3.63, 3.8) is 0 Å². The molecule has 5 rings (SSSR count). The summed E-state index contributed by atoms with van der Waals surface area (Å²) in [5.74, 6) is 1.21. The third-order valence-corrected chi connectivity index (χ3v) is 5.56. The first-order chi connectivity index (χ1) is 13.7. The highest BCUT2D eigenvalue weighted by atomic mass is 35.5. The zero-order valence-electron chi connectivity index (χ0n) is 14.5. The van der Waals surface area contributed by atoms with Crippen molar-refractivity contribution in [2.45, 2.75) is 6.42 Å². The van der Waals surface area contributed by atoms with E-state index in [0.29, 0.717) is 22.2 Å². The molecule has 1 N–H and O–H groups in total. The van der Waals surface area contributed by atoms with Crippen LogP contribution in [0.1, 0.15) is 5.69 Å². The van der Waals surface area contributed by atoms with E-state index in [1.807, 2.05) is 40.2 Å². The monoisotopic (exact) mass is 411 g/mol. The van der Waals surface area contributed by atoms with Gasteiger partial charge in [0.1, 0.15) is 0 Å². The molecule has 8 heteroatoms. The van der Waals surface area contributed by atoms with Crippen molar-refractivity contribution in [3.05, 3.63) is 64.8 Å². The first-order valence-electron chi connectivity index (χ1n) is 8.57. The number of halogens is 1. The SMILES string of the molecule is O=C(Cc1csc2nc(-c3ccc(Cl)cc3)cn12)Nc1ccc2c(c1)OCO2. The quantitative estimate of drug-likeness (QED) is 0.532. The number of hydrogen-bond donors (Lipinski definition) is 1. The van der Waals surface area contributed by atoms with Gasteiger partial charge in [-0.05, 0) is 24.3 Å². The largest absolute Gasteiger partial charge is 0.454 e. The molecule has 1 amide bonds. The molecule has 0 radical (unpaired) electrons. The van der Waals surface area contributed by atoms with Gasteiger partial charge in [-0.25, -0.2) is 4.98 Å². The fourth-order valence-electron chi connectivity index (χ4n) is 3.06. The minimum Gasteiger partial charge on any atom is -0.454 e. The van der Waals surface area contributed by atoms with Gasteiger partial charge >= 0.3 is 0 Å². The molecule has 1 aliphatic heterocycles. The Balaban J connectivity index is 1.34. The molecule has 3 heterocycles. The lowest BCUT2D eigenvalue weighted by atomic mass is 10.2. The van der Waals surface area contributed by atoms with Crippen molar-refractivity contribution < 1.29 is 14.3 Å². The molecular formula is C20H14ClN3O3S. The summed E-state index contributed by atoms with van der Waals surface area (Å²) in [5, 5.41) is 5.54. The van der Waals surface area contributed by atoms with Gasteiger partial charge in [0.2, 0.25) is 12.7 Å². The van der Waals surface area contributed by atoms with Gasteiger partial charge in [-0.3, -0.25) is 9.20 Å². The zero-order chi connectivity index (χ0) is 19.1. The number of carbonyl (C=O) groups is 1. The second-order valence-corrected chi connectivity index (χ2v) is 7.58. The Morgan fingerprint density at radius 1 is 1.18 bits per heavy atom. The molecule has 4 aromatic rings. The van der Waals surface area contributed by atoms with Crippen molar-refractivity contribution in [2.24, 2.45) is 0 Å². The van der Waals surface area contributed by atoms with E-state index in [2.05, 4.69) is 10.3 Å². The highest BCUT2D eigenvalue weighted by molar-refractivity contribution is 7.15. The van der Waals surface area contributed by atoms with Gasteiger partial charge in [-0.1, -0.05) is 23.7 Å². The Hall–Kier alpha value is -3.03. The summed E-state index contributed by atoms with van der Waals surface area (Å²) >= 11 is 7.46. The predicted molar refractivity (Wildman–Crippen MR) is 108 cm³/mol. The number of hydrogen-bond acceptors (Lipinski definition) is 5. The Morgan fingerprint density at radius 2 is 2.00 bits per heavy atom. The van der Waals surface area contributed by atoms with E-state index < -0.39 is 0 Å². The van der Waals surface area contributed by atoms with E-state index in [9.17, 15) is 4.79 Å². The Morgan fingerprint density at radius 3 is 2.86 bits per heavy atom. The highest BCUT2D eigenvalue weighted by Gasteiger charge is 2.16. The molecular weight excluding hydrogens is 398 g/mol. The van der Waals surface area contributed by atoms with Crippen LogP contribution in [0.15, 0.2) is 54.0 Å². The minimum absolute atomic E-state index is 0.111. The van der Waals surface area contributed by atoms with Gasteiger partial charge in [-0.15, -0.1) is 11.3 Å². The second kappa shape index (κ2) is 6.85. The van der Waals surface area contributed by atoms with E-state index in [1.54, 1.807) is 18.2 Å². The molecule has 0 fully saturated rings. The maximum absolute atomic E-state index is 12.5. The third kappa shape index (κ3) is 3.19. The summed E-state index contributed by atoms with van der Waals surface area (Å²) in [4.78, 5) is 18.0. The Kier molecular flexibility index (Phi) is 4.18. The summed E-state index contributed by atoms with van der Waals surface area (Å²) in [6, 6.07) is 12.9. The zero-order valence-corrected chi connectivity index (χ0v) is 16.1. The molecule has 0 saturated heterocycles. The van der Waals surface area contributed by atoms with Crippen LogP contribution in [-0.2, 0) is 11.2 Å². The lowest BCUT2D eigenvalue weighted by Crippen LogP contribution is -2.15. The lowest BCUT2D eigenvalue weighted by Gasteiger charge is -2.06. The average molecular weight is 412 g/mol. The molecule has 2 aromatic carbocycles. The standard InChI is InChI=1S/C20H14ClN3O3S/c21-13-3-1-12(2-4-13)16-9-24-15(10-28-20(24)23-16)8-19(25)22-14-5-6-17-18(7-14)27-11-26-17/h1-7,9-10H,8,11H2,(H,22,25). The first-order valence-corrected chi connectivity index (χ1v) is 9.82. The Bertz CT molecular complexity index is 1180.